The van der Waals surface area contributed by atoms with Gasteiger partial charge in [0.1, 0.15) is 0 Å². The molecule has 1 fully saturated rings. The molecule has 26 heavy (non-hydrogen) atoms. The predicted octanol–water partition coefficient (Wildman–Crippen LogP) is 2.51. The number of nitrogens with one attached hydrogen (secondary N) is 1. The summed E-state index contributed by atoms with van der Waals surface area (Å²) in [5.41, 5.74) is 1.00. The first-order valence-corrected chi connectivity index (χ1v) is 12.4. The van der Waals surface area contributed by atoms with Gasteiger partial charge in [0.05, 0.1) is 16.3 Å². The zero-order valence-corrected chi connectivity index (χ0v) is 17.0. The molecule has 0 amide bonds. The number of sulfonamides is 2. The number of aryl methyl sites for hydroxylation is 1. The number of nitrogens with zero attached hydrogens (tertiary/aromatic N) is 1. The Morgan fingerprint density at radius 1 is 1.23 bits per heavy atom. The summed E-state index contributed by atoms with van der Waals surface area (Å²) in [6.07, 6.45) is 2.03. The average Bonchev–Trinajstić information content (AvgIpc) is 3.08. The lowest BCUT2D eigenvalue weighted by molar-refractivity contribution is 0.573. The van der Waals surface area contributed by atoms with Crippen molar-refractivity contribution in [1.29, 1.82) is 0 Å². The number of rotatable bonds is 6. The van der Waals surface area contributed by atoms with Gasteiger partial charge in [-0.2, -0.15) is 0 Å². The van der Waals surface area contributed by atoms with Crippen LogP contribution >= 0.6 is 11.3 Å². The van der Waals surface area contributed by atoms with Crippen LogP contribution in [-0.4, -0.2) is 35.7 Å². The van der Waals surface area contributed by atoms with Crippen LogP contribution in [0.15, 0.2) is 40.6 Å². The number of hydrogen-bond acceptors (Lipinski definition) is 5. The monoisotopic (exact) mass is 414 g/mol. The fraction of sp³-hybridized carbons (Fsp3) is 0.412. The summed E-state index contributed by atoms with van der Waals surface area (Å²) in [5, 5.41) is 1.95. The van der Waals surface area contributed by atoms with Crippen LogP contribution < -0.4 is 9.03 Å². The molecule has 1 saturated heterocycles. The van der Waals surface area contributed by atoms with Gasteiger partial charge in [0.25, 0.3) is 0 Å². The van der Waals surface area contributed by atoms with E-state index in [1.54, 1.807) is 30.4 Å². The van der Waals surface area contributed by atoms with Gasteiger partial charge < -0.3 is 0 Å². The van der Waals surface area contributed by atoms with E-state index in [4.69, 9.17) is 0 Å². The van der Waals surface area contributed by atoms with Crippen molar-refractivity contribution in [2.24, 2.45) is 0 Å². The third-order valence-corrected chi connectivity index (χ3v) is 8.75. The highest BCUT2D eigenvalue weighted by atomic mass is 32.2. The summed E-state index contributed by atoms with van der Waals surface area (Å²) in [6.45, 7) is 2.40. The Bertz CT molecular complexity index is 967. The van der Waals surface area contributed by atoms with E-state index in [0.29, 0.717) is 37.2 Å². The standard InChI is InChI=1S/C17H22N2O4S3/c1-14-6-7-15(19-10-2-3-12-25(19,20)21)13-17(14)26(22,23)18-9-8-16-5-4-11-24-16/h4-7,11,13,18H,2-3,8-10,12H2,1H3. The lowest BCUT2D eigenvalue weighted by Crippen LogP contribution is -2.38. The largest absolute Gasteiger partial charge is 0.270 e. The van der Waals surface area contributed by atoms with E-state index in [9.17, 15) is 16.8 Å². The Morgan fingerprint density at radius 2 is 2.04 bits per heavy atom. The van der Waals surface area contributed by atoms with E-state index in [-0.39, 0.29) is 10.6 Å². The molecule has 0 unspecified atom stereocenters. The van der Waals surface area contributed by atoms with Crippen molar-refractivity contribution in [2.75, 3.05) is 23.1 Å². The van der Waals surface area contributed by atoms with Crippen molar-refractivity contribution >= 4 is 37.1 Å². The Balaban J connectivity index is 1.82. The molecule has 1 N–H and O–H groups in total. The SMILES string of the molecule is Cc1ccc(N2CCCCS2(=O)=O)cc1S(=O)(=O)NCCc1cccs1. The van der Waals surface area contributed by atoms with Crippen LogP contribution in [0.2, 0.25) is 0 Å². The molecule has 6 nitrogen and oxygen atoms in total. The maximum absolute atomic E-state index is 12.7. The zero-order valence-electron chi connectivity index (χ0n) is 14.5. The van der Waals surface area contributed by atoms with Gasteiger partial charge in [0.2, 0.25) is 20.0 Å². The van der Waals surface area contributed by atoms with Gasteiger partial charge in [-0.1, -0.05) is 12.1 Å². The van der Waals surface area contributed by atoms with Crippen molar-refractivity contribution in [3.63, 3.8) is 0 Å². The quantitative estimate of drug-likeness (QED) is 0.787. The van der Waals surface area contributed by atoms with Crippen LogP contribution in [0, 0.1) is 6.92 Å². The molecule has 0 saturated carbocycles. The van der Waals surface area contributed by atoms with Crippen LogP contribution in [0.1, 0.15) is 23.3 Å². The molecule has 1 aliphatic heterocycles. The van der Waals surface area contributed by atoms with E-state index >= 15 is 0 Å². The van der Waals surface area contributed by atoms with Crippen molar-refractivity contribution in [3.8, 4) is 0 Å². The maximum atomic E-state index is 12.7. The number of thiophene rings is 1. The Kier molecular flexibility index (Phi) is 5.71. The molecule has 2 aromatic rings. The molecule has 142 valence electrons. The molecule has 2 heterocycles. The normalized spacial score (nSPS) is 17.3. The summed E-state index contributed by atoms with van der Waals surface area (Å²) >= 11 is 1.59. The van der Waals surface area contributed by atoms with E-state index in [2.05, 4.69) is 4.72 Å². The van der Waals surface area contributed by atoms with Crippen molar-refractivity contribution in [1.82, 2.24) is 4.72 Å². The summed E-state index contributed by atoms with van der Waals surface area (Å²) in [6, 6.07) is 8.69. The molecule has 3 rings (SSSR count). The summed E-state index contributed by atoms with van der Waals surface area (Å²) < 4.78 is 53.9. The van der Waals surface area contributed by atoms with Crippen LogP contribution in [0.4, 0.5) is 5.69 Å². The molecular weight excluding hydrogens is 392 g/mol. The Morgan fingerprint density at radius 3 is 2.73 bits per heavy atom. The highest BCUT2D eigenvalue weighted by Crippen LogP contribution is 2.27. The molecule has 0 bridgehead atoms. The minimum Gasteiger partial charge on any atom is -0.270 e. The van der Waals surface area contributed by atoms with Gasteiger partial charge in [0.15, 0.2) is 0 Å². The molecule has 0 spiro atoms. The first-order valence-electron chi connectivity index (χ1n) is 8.43. The van der Waals surface area contributed by atoms with E-state index < -0.39 is 20.0 Å². The van der Waals surface area contributed by atoms with E-state index in [1.807, 2.05) is 17.5 Å². The fourth-order valence-corrected chi connectivity index (χ4v) is 6.59. The van der Waals surface area contributed by atoms with Gasteiger partial charge >= 0.3 is 0 Å². The minimum absolute atomic E-state index is 0.0992. The summed E-state index contributed by atoms with van der Waals surface area (Å²) in [5.74, 6) is 0.0992. The second kappa shape index (κ2) is 7.67. The predicted molar refractivity (Wildman–Crippen MR) is 105 cm³/mol. The maximum Gasteiger partial charge on any atom is 0.240 e. The molecule has 1 aliphatic rings. The Labute approximate surface area is 159 Å². The molecular formula is C17H22N2O4S3. The molecule has 1 aromatic heterocycles. The first-order chi connectivity index (χ1) is 12.3. The second-order valence-electron chi connectivity index (χ2n) is 6.27. The third kappa shape index (κ3) is 4.28. The molecule has 0 aliphatic carbocycles. The molecule has 9 heteroatoms. The number of hydrogen-bond donors (Lipinski definition) is 1. The van der Waals surface area contributed by atoms with Gasteiger partial charge in [-0.05, 0) is 55.3 Å². The van der Waals surface area contributed by atoms with Crippen molar-refractivity contribution < 1.29 is 16.8 Å². The molecule has 0 radical (unpaired) electrons. The highest BCUT2D eigenvalue weighted by molar-refractivity contribution is 7.92. The summed E-state index contributed by atoms with van der Waals surface area (Å²) in [7, 11) is -7.09. The number of anilines is 1. The average molecular weight is 415 g/mol. The zero-order chi connectivity index (χ0) is 18.8. The lowest BCUT2D eigenvalue weighted by atomic mass is 10.2. The lowest BCUT2D eigenvalue weighted by Gasteiger charge is -2.28. The van der Waals surface area contributed by atoms with Crippen LogP contribution in [0.3, 0.4) is 0 Å². The van der Waals surface area contributed by atoms with Gasteiger partial charge in [-0.15, -0.1) is 11.3 Å². The second-order valence-corrected chi connectivity index (χ2v) is 11.1. The Hall–Kier alpha value is -1.42. The minimum atomic E-state index is -3.71. The van der Waals surface area contributed by atoms with Crippen LogP contribution in [0.5, 0.6) is 0 Å². The van der Waals surface area contributed by atoms with Crippen molar-refractivity contribution in [3.05, 3.63) is 46.2 Å². The van der Waals surface area contributed by atoms with E-state index in [1.165, 1.54) is 10.4 Å². The first kappa shape index (κ1) is 19.3. The number of benzene rings is 1. The van der Waals surface area contributed by atoms with Gasteiger partial charge in [-0.3, -0.25) is 4.31 Å². The topological polar surface area (TPSA) is 83.6 Å². The van der Waals surface area contributed by atoms with E-state index in [0.717, 1.165) is 11.3 Å². The van der Waals surface area contributed by atoms with Gasteiger partial charge in [-0.25, -0.2) is 21.6 Å². The molecule has 0 atom stereocenters. The summed E-state index contributed by atoms with van der Waals surface area (Å²) in [4.78, 5) is 1.24. The van der Waals surface area contributed by atoms with Crippen molar-refractivity contribution in [2.45, 2.75) is 31.1 Å². The van der Waals surface area contributed by atoms with Crippen LogP contribution in [0.25, 0.3) is 0 Å². The fourth-order valence-electron chi connectivity index (χ4n) is 2.95. The smallest absolute Gasteiger partial charge is 0.240 e. The third-order valence-electron chi connectivity index (χ3n) is 4.34. The highest BCUT2D eigenvalue weighted by Gasteiger charge is 2.27. The molecule has 1 aromatic carbocycles. The van der Waals surface area contributed by atoms with Gasteiger partial charge in [0, 0.05) is 18.0 Å². The van der Waals surface area contributed by atoms with Crippen LogP contribution in [-0.2, 0) is 26.5 Å².